The van der Waals surface area contributed by atoms with Crippen molar-refractivity contribution in [3.05, 3.63) is 45.0 Å². The van der Waals surface area contributed by atoms with Gasteiger partial charge in [0.1, 0.15) is 0 Å². The molecule has 1 N–H and O–H groups in total. The van der Waals surface area contributed by atoms with Crippen molar-refractivity contribution < 1.29 is 9.84 Å². The van der Waals surface area contributed by atoms with Gasteiger partial charge in [-0.15, -0.1) is 5.10 Å². The Labute approximate surface area is 158 Å². The van der Waals surface area contributed by atoms with Crippen molar-refractivity contribution in [2.45, 2.75) is 19.4 Å². The molecule has 6 nitrogen and oxygen atoms in total. The standard InChI is InChI=1S/C17H19BrN4O2S/c1-2-13-19-17-22(20-13)16(23)15(25-17)14(21-7-9-24-10-8-21)11-3-5-12(18)6-4-11/h3-6,14,23H,2,7-10H2,1H3. The molecule has 1 aromatic carbocycles. The highest BCUT2D eigenvalue weighted by atomic mass is 79.9. The highest BCUT2D eigenvalue weighted by Crippen LogP contribution is 2.40. The molecule has 1 fully saturated rings. The minimum Gasteiger partial charge on any atom is -0.492 e. The fourth-order valence-corrected chi connectivity index (χ4v) is 4.53. The van der Waals surface area contributed by atoms with Crippen LogP contribution in [0.2, 0.25) is 0 Å². The van der Waals surface area contributed by atoms with Gasteiger partial charge in [0, 0.05) is 24.0 Å². The lowest BCUT2D eigenvalue weighted by Gasteiger charge is -2.34. The fraction of sp³-hybridized carbons (Fsp3) is 0.412. The minimum absolute atomic E-state index is 0.0319. The summed E-state index contributed by atoms with van der Waals surface area (Å²) < 4.78 is 8.11. The number of thiazole rings is 1. The van der Waals surface area contributed by atoms with Crippen molar-refractivity contribution in [3.63, 3.8) is 0 Å². The summed E-state index contributed by atoms with van der Waals surface area (Å²) in [5.41, 5.74) is 1.14. The van der Waals surface area contributed by atoms with Gasteiger partial charge in [0.25, 0.3) is 0 Å². The molecule has 1 unspecified atom stereocenters. The number of aromatic nitrogens is 3. The molecule has 2 aromatic heterocycles. The maximum Gasteiger partial charge on any atom is 0.230 e. The number of fused-ring (bicyclic) bond motifs is 1. The number of rotatable bonds is 4. The zero-order chi connectivity index (χ0) is 17.4. The van der Waals surface area contributed by atoms with Gasteiger partial charge in [0.2, 0.25) is 10.8 Å². The van der Waals surface area contributed by atoms with Gasteiger partial charge in [-0.05, 0) is 17.7 Å². The van der Waals surface area contributed by atoms with E-state index in [0.29, 0.717) is 13.2 Å². The Morgan fingerprint density at radius 2 is 2.00 bits per heavy atom. The van der Waals surface area contributed by atoms with Crippen LogP contribution in [0.1, 0.15) is 29.2 Å². The van der Waals surface area contributed by atoms with Gasteiger partial charge in [-0.25, -0.2) is 4.98 Å². The van der Waals surface area contributed by atoms with Gasteiger partial charge in [-0.3, -0.25) is 4.90 Å². The van der Waals surface area contributed by atoms with E-state index in [2.05, 4.69) is 43.0 Å². The molecule has 1 aliphatic rings. The second-order valence-corrected chi connectivity index (χ2v) is 7.89. The average Bonchev–Trinajstić information content (AvgIpc) is 3.18. The first-order valence-electron chi connectivity index (χ1n) is 8.32. The lowest BCUT2D eigenvalue weighted by atomic mass is 10.0. The number of hydrogen-bond donors (Lipinski definition) is 1. The molecule has 0 saturated carbocycles. The summed E-state index contributed by atoms with van der Waals surface area (Å²) in [7, 11) is 0. The molecule has 132 valence electrons. The third-order valence-corrected chi connectivity index (χ3v) is 6.01. The van der Waals surface area contributed by atoms with Gasteiger partial charge in [0.15, 0.2) is 5.82 Å². The molecule has 1 aliphatic heterocycles. The Hall–Kier alpha value is -1.48. The largest absolute Gasteiger partial charge is 0.492 e. The van der Waals surface area contributed by atoms with Crippen molar-refractivity contribution in [2.24, 2.45) is 0 Å². The number of nitrogens with zero attached hydrogens (tertiary/aromatic N) is 4. The summed E-state index contributed by atoms with van der Waals surface area (Å²) in [4.78, 5) is 8.47. The number of halogens is 1. The Morgan fingerprint density at radius 1 is 1.28 bits per heavy atom. The summed E-state index contributed by atoms with van der Waals surface area (Å²) in [5, 5.41) is 15.2. The van der Waals surface area contributed by atoms with Crippen molar-refractivity contribution in [1.82, 2.24) is 19.5 Å². The average molecular weight is 423 g/mol. The highest BCUT2D eigenvalue weighted by Gasteiger charge is 2.30. The molecule has 1 atom stereocenters. The van der Waals surface area contributed by atoms with Crippen LogP contribution in [-0.4, -0.2) is 50.9 Å². The number of hydrogen-bond acceptors (Lipinski definition) is 6. The van der Waals surface area contributed by atoms with Crippen molar-refractivity contribution in [1.29, 1.82) is 0 Å². The zero-order valence-corrected chi connectivity index (χ0v) is 16.3. The summed E-state index contributed by atoms with van der Waals surface area (Å²) in [6.07, 6.45) is 0.753. The molecular weight excluding hydrogens is 404 g/mol. The summed E-state index contributed by atoms with van der Waals surface area (Å²) in [6.45, 7) is 5.07. The molecule has 4 rings (SSSR count). The molecule has 0 bridgehead atoms. The maximum atomic E-state index is 10.8. The van der Waals surface area contributed by atoms with Crippen molar-refractivity contribution >= 4 is 32.2 Å². The fourth-order valence-electron chi connectivity index (χ4n) is 3.13. The predicted octanol–water partition coefficient (Wildman–Crippen LogP) is 3.24. The van der Waals surface area contributed by atoms with E-state index in [4.69, 9.17) is 4.74 Å². The summed E-state index contributed by atoms with van der Waals surface area (Å²) in [6, 6.07) is 8.22. The van der Waals surface area contributed by atoms with E-state index >= 15 is 0 Å². The number of aryl methyl sites for hydroxylation is 1. The van der Waals surface area contributed by atoms with Gasteiger partial charge >= 0.3 is 0 Å². The third kappa shape index (κ3) is 3.19. The molecule has 0 radical (unpaired) electrons. The Kier molecular flexibility index (Phi) is 4.77. The molecule has 1 saturated heterocycles. The van der Waals surface area contributed by atoms with E-state index in [1.54, 1.807) is 4.52 Å². The Morgan fingerprint density at radius 3 is 2.64 bits per heavy atom. The van der Waals surface area contributed by atoms with Gasteiger partial charge < -0.3 is 9.84 Å². The van der Waals surface area contributed by atoms with E-state index in [1.807, 2.05) is 19.1 Å². The minimum atomic E-state index is -0.0319. The van der Waals surface area contributed by atoms with Crippen LogP contribution in [0.15, 0.2) is 28.7 Å². The number of morpholine rings is 1. The number of benzene rings is 1. The van der Waals surface area contributed by atoms with Gasteiger partial charge in [0.05, 0.1) is 24.1 Å². The highest BCUT2D eigenvalue weighted by molar-refractivity contribution is 9.10. The van der Waals surface area contributed by atoms with Crippen LogP contribution in [0.4, 0.5) is 0 Å². The lowest BCUT2D eigenvalue weighted by molar-refractivity contribution is 0.0241. The van der Waals surface area contributed by atoms with Crippen molar-refractivity contribution in [3.8, 4) is 5.88 Å². The number of ether oxygens (including phenoxy) is 1. The molecule has 3 aromatic rings. The molecule has 25 heavy (non-hydrogen) atoms. The Balaban J connectivity index is 1.80. The van der Waals surface area contributed by atoms with Crippen LogP contribution >= 0.6 is 27.3 Å². The van der Waals surface area contributed by atoms with Crippen LogP contribution in [0.3, 0.4) is 0 Å². The first-order valence-corrected chi connectivity index (χ1v) is 9.93. The second-order valence-electron chi connectivity index (χ2n) is 5.97. The molecule has 0 aliphatic carbocycles. The van der Waals surface area contributed by atoms with Crippen LogP contribution in [0.25, 0.3) is 4.96 Å². The molecule has 0 spiro atoms. The van der Waals surface area contributed by atoms with E-state index in [9.17, 15) is 5.11 Å². The normalized spacial score (nSPS) is 17.2. The summed E-state index contributed by atoms with van der Waals surface area (Å²) in [5.74, 6) is 0.936. The van der Waals surface area contributed by atoms with E-state index in [0.717, 1.165) is 45.2 Å². The van der Waals surface area contributed by atoms with Crippen LogP contribution in [-0.2, 0) is 11.2 Å². The second kappa shape index (κ2) is 7.03. The maximum absolute atomic E-state index is 10.8. The van der Waals surface area contributed by atoms with E-state index in [1.165, 1.54) is 11.3 Å². The Bertz CT molecular complexity index is 871. The van der Waals surface area contributed by atoms with Crippen LogP contribution in [0, 0.1) is 0 Å². The lowest BCUT2D eigenvalue weighted by Crippen LogP contribution is -2.39. The van der Waals surface area contributed by atoms with Crippen LogP contribution < -0.4 is 0 Å². The van der Waals surface area contributed by atoms with Crippen molar-refractivity contribution in [2.75, 3.05) is 26.3 Å². The third-order valence-electron chi connectivity index (χ3n) is 4.40. The van der Waals surface area contributed by atoms with Gasteiger partial charge in [-0.2, -0.15) is 4.52 Å². The molecular formula is C17H19BrN4O2S. The van der Waals surface area contributed by atoms with E-state index < -0.39 is 0 Å². The van der Waals surface area contributed by atoms with E-state index in [-0.39, 0.29) is 11.9 Å². The molecule has 0 amide bonds. The first kappa shape index (κ1) is 17.0. The monoisotopic (exact) mass is 422 g/mol. The zero-order valence-electron chi connectivity index (χ0n) is 13.9. The van der Waals surface area contributed by atoms with Crippen LogP contribution in [0.5, 0.6) is 5.88 Å². The SMILES string of the molecule is CCc1nc2sc(C(c3ccc(Br)cc3)N3CCOCC3)c(O)n2n1. The quantitative estimate of drug-likeness (QED) is 0.698. The summed E-state index contributed by atoms with van der Waals surface area (Å²) >= 11 is 5.00. The molecule has 8 heteroatoms. The predicted molar refractivity (Wildman–Crippen MR) is 100 cm³/mol. The number of aromatic hydroxyl groups is 1. The topological polar surface area (TPSA) is 62.9 Å². The smallest absolute Gasteiger partial charge is 0.230 e. The molecule has 3 heterocycles. The van der Waals surface area contributed by atoms with Gasteiger partial charge in [-0.1, -0.05) is 46.3 Å². The first-order chi connectivity index (χ1) is 12.2.